The van der Waals surface area contributed by atoms with Crippen molar-refractivity contribution in [3.8, 4) is 11.1 Å². The van der Waals surface area contributed by atoms with Gasteiger partial charge in [-0.15, -0.1) is 0 Å². The Morgan fingerprint density at radius 3 is 2.29 bits per heavy atom. The van der Waals surface area contributed by atoms with Crippen molar-refractivity contribution < 1.29 is 22.8 Å². The Bertz CT molecular complexity index is 1410. The molecule has 0 aliphatic rings. The number of alkyl halides is 3. The first-order valence-corrected chi connectivity index (χ1v) is 11.9. The molecule has 3 aromatic carbocycles. The molecule has 0 aliphatic carbocycles. The zero-order valence-electron chi connectivity index (χ0n) is 20.3. The number of carbonyl (C=O) groups is 2. The number of rotatable bonds is 8. The minimum absolute atomic E-state index is 0.0262. The second-order valence-electron chi connectivity index (χ2n) is 8.42. The van der Waals surface area contributed by atoms with E-state index in [9.17, 15) is 22.8 Å². The van der Waals surface area contributed by atoms with Crippen LogP contribution < -0.4 is 16.0 Å². The fourth-order valence-electron chi connectivity index (χ4n) is 3.92. The fourth-order valence-corrected chi connectivity index (χ4v) is 3.92. The summed E-state index contributed by atoms with van der Waals surface area (Å²) in [7, 11) is 0. The molecular formula is C29H25F3N4O2. The van der Waals surface area contributed by atoms with Gasteiger partial charge in [-0.25, -0.2) is 4.79 Å². The number of hydrogen-bond donors (Lipinski definition) is 3. The van der Waals surface area contributed by atoms with Crippen LogP contribution in [0.4, 0.5) is 23.7 Å². The van der Waals surface area contributed by atoms with Crippen LogP contribution in [0.25, 0.3) is 11.1 Å². The molecule has 1 aromatic heterocycles. The summed E-state index contributed by atoms with van der Waals surface area (Å²) in [6.45, 7) is 0.514. The second-order valence-corrected chi connectivity index (χ2v) is 8.42. The van der Waals surface area contributed by atoms with E-state index in [1.54, 1.807) is 24.4 Å². The lowest BCUT2D eigenvalue weighted by molar-refractivity contribution is -0.137. The summed E-state index contributed by atoms with van der Waals surface area (Å²) in [6, 6.07) is 23.8. The number of urea groups is 1. The maximum Gasteiger partial charge on any atom is 0.416 e. The normalized spacial score (nSPS) is 11.0. The quantitative estimate of drug-likeness (QED) is 0.265. The van der Waals surface area contributed by atoms with Crippen molar-refractivity contribution in [1.29, 1.82) is 0 Å². The van der Waals surface area contributed by atoms with Gasteiger partial charge in [-0.3, -0.25) is 9.78 Å². The standard InChI is InChI=1S/C29H25F3N4O2/c30-29(31,32)21-9-7-11-23(18-21)36-28(38)35-19-20-8-1-2-12-24(20)25-13-3-4-14-26(25)27(37)34-17-15-22-10-5-6-16-33-22/h1-14,16,18H,15,17,19H2,(H,34,37)(H2,35,36,38). The van der Waals surface area contributed by atoms with E-state index < -0.39 is 17.8 Å². The topological polar surface area (TPSA) is 83.1 Å². The Balaban J connectivity index is 1.44. The van der Waals surface area contributed by atoms with Gasteiger partial charge in [-0.1, -0.05) is 54.6 Å². The van der Waals surface area contributed by atoms with E-state index in [1.807, 2.05) is 48.5 Å². The van der Waals surface area contributed by atoms with E-state index in [4.69, 9.17) is 0 Å². The minimum atomic E-state index is -4.51. The van der Waals surface area contributed by atoms with Gasteiger partial charge >= 0.3 is 12.2 Å². The molecule has 0 atom stereocenters. The van der Waals surface area contributed by atoms with Crippen molar-refractivity contribution in [2.75, 3.05) is 11.9 Å². The number of nitrogens with zero attached hydrogens (tertiary/aromatic N) is 1. The van der Waals surface area contributed by atoms with Gasteiger partial charge in [0, 0.05) is 42.7 Å². The van der Waals surface area contributed by atoms with Crippen LogP contribution in [0.3, 0.4) is 0 Å². The Hall–Kier alpha value is -4.66. The number of carbonyl (C=O) groups excluding carboxylic acids is 2. The van der Waals surface area contributed by atoms with Gasteiger partial charge in [0.2, 0.25) is 0 Å². The monoisotopic (exact) mass is 518 g/mol. The zero-order valence-corrected chi connectivity index (χ0v) is 20.3. The van der Waals surface area contributed by atoms with E-state index in [0.717, 1.165) is 29.0 Å². The molecule has 4 rings (SSSR count). The van der Waals surface area contributed by atoms with Gasteiger partial charge in [0.05, 0.1) is 5.56 Å². The highest BCUT2D eigenvalue weighted by Crippen LogP contribution is 2.31. The molecule has 0 spiro atoms. The lowest BCUT2D eigenvalue weighted by atomic mass is 9.95. The van der Waals surface area contributed by atoms with Gasteiger partial charge < -0.3 is 16.0 Å². The molecule has 0 fully saturated rings. The van der Waals surface area contributed by atoms with E-state index in [1.165, 1.54) is 12.1 Å². The fraction of sp³-hybridized carbons (Fsp3) is 0.138. The Kier molecular flexibility index (Phi) is 8.37. The van der Waals surface area contributed by atoms with Crippen LogP contribution in [0, 0.1) is 0 Å². The third-order valence-corrected chi connectivity index (χ3v) is 5.76. The second kappa shape index (κ2) is 12.1. The highest BCUT2D eigenvalue weighted by molar-refractivity contribution is 6.01. The maximum absolute atomic E-state index is 13.0. The molecular weight excluding hydrogens is 493 g/mol. The highest BCUT2D eigenvalue weighted by atomic mass is 19.4. The predicted octanol–water partition coefficient (Wildman–Crippen LogP) is 6.06. The number of amides is 3. The Morgan fingerprint density at radius 2 is 1.53 bits per heavy atom. The van der Waals surface area contributed by atoms with Gasteiger partial charge in [0.15, 0.2) is 0 Å². The van der Waals surface area contributed by atoms with Crippen molar-refractivity contribution in [3.05, 3.63) is 120 Å². The SMILES string of the molecule is O=C(NCc1ccccc1-c1ccccc1C(=O)NCCc1ccccn1)Nc1cccc(C(F)(F)F)c1. The van der Waals surface area contributed by atoms with Crippen molar-refractivity contribution in [1.82, 2.24) is 15.6 Å². The lowest BCUT2D eigenvalue weighted by Crippen LogP contribution is -2.28. The molecule has 0 aliphatic heterocycles. The average Bonchev–Trinajstić information content (AvgIpc) is 2.92. The highest BCUT2D eigenvalue weighted by Gasteiger charge is 2.30. The largest absolute Gasteiger partial charge is 0.416 e. The molecule has 3 amide bonds. The molecule has 38 heavy (non-hydrogen) atoms. The summed E-state index contributed by atoms with van der Waals surface area (Å²) in [5, 5.41) is 8.04. The van der Waals surface area contributed by atoms with Crippen LogP contribution in [0.5, 0.6) is 0 Å². The zero-order chi connectivity index (χ0) is 27.0. The summed E-state index contributed by atoms with van der Waals surface area (Å²) in [5.74, 6) is -0.235. The molecule has 0 saturated heterocycles. The minimum Gasteiger partial charge on any atom is -0.352 e. The van der Waals surface area contributed by atoms with E-state index in [0.29, 0.717) is 24.1 Å². The average molecular weight is 519 g/mol. The molecule has 0 unspecified atom stereocenters. The van der Waals surface area contributed by atoms with Gasteiger partial charge in [0.25, 0.3) is 5.91 Å². The molecule has 0 saturated carbocycles. The summed E-state index contributed by atoms with van der Waals surface area (Å²) in [4.78, 5) is 29.7. The first-order chi connectivity index (χ1) is 18.3. The van der Waals surface area contributed by atoms with E-state index in [-0.39, 0.29) is 18.1 Å². The molecule has 0 bridgehead atoms. The summed E-state index contributed by atoms with van der Waals surface area (Å²) >= 11 is 0. The summed E-state index contributed by atoms with van der Waals surface area (Å²) < 4.78 is 38.9. The first-order valence-electron chi connectivity index (χ1n) is 11.9. The molecule has 0 radical (unpaired) electrons. The van der Waals surface area contributed by atoms with Crippen molar-refractivity contribution in [3.63, 3.8) is 0 Å². The molecule has 4 aromatic rings. The number of benzene rings is 3. The van der Waals surface area contributed by atoms with Gasteiger partial charge in [-0.05, 0) is 53.1 Å². The van der Waals surface area contributed by atoms with Gasteiger partial charge in [0.1, 0.15) is 0 Å². The Labute approximate surface area is 217 Å². The molecule has 1 heterocycles. The number of nitrogens with one attached hydrogen (secondary N) is 3. The van der Waals surface area contributed by atoms with Crippen LogP contribution in [-0.2, 0) is 19.1 Å². The molecule has 9 heteroatoms. The third kappa shape index (κ3) is 6.97. The van der Waals surface area contributed by atoms with Crippen LogP contribution in [0.1, 0.15) is 27.2 Å². The van der Waals surface area contributed by atoms with Crippen molar-refractivity contribution in [2.24, 2.45) is 0 Å². The lowest BCUT2D eigenvalue weighted by Gasteiger charge is -2.15. The predicted molar refractivity (Wildman–Crippen MR) is 139 cm³/mol. The number of pyridine rings is 1. The van der Waals surface area contributed by atoms with E-state index in [2.05, 4.69) is 20.9 Å². The number of hydrogen-bond acceptors (Lipinski definition) is 3. The Morgan fingerprint density at radius 1 is 0.789 bits per heavy atom. The van der Waals surface area contributed by atoms with Crippen molar-refractivity contribution >= 4 is 17.6 Å². The number of anilines is 1. The van der Waals surface area contributed by atoms with Crippen LogP contribution in [-0.4, -0.2) is 23.5 Å². The summed E-state index contributed by atoms with van der Waals surface area (Å²) in [6.07, 6.45) is -2.21. The van der Waals surface area contributed by atoms with Crippen molar-refractivity contribution in [2.45, 2.75) is 19.1 Å². The van der Waals surface area contributed by atoms with Crippen LogP contribution in [0.2, 0.25) is 0 Å². The number of halogens is 3. The molecule has 194 valence electrons. The van der Waals surface area contributed by atoms with Crippen LogP contribution in [0.15, 0.2) is 97.2 Å². The van der Waals surface area contributed by atoms with E-state index >= 15 is 0 Å². The number of aromatic nitrogens is 1. The van der Waals surface area contributed by atoms with Gasteiger partial charge in [-0.2, -0.15) is 13.2 Å². The first kappa shape index (κ1) is 26.4. The van der Waals surface area contributed by atoms with Crippen LogP contribution >= 0.6 is 0 Å². The maximum atomic E-state index is 13.0. The molecule has 3 N–H and O–H groups in total. The molecule has 6 nitrogen and oxygen atoms in total. The smallest absolute Gasteiger partial charge is 0.352 e. The summed E-state index contributed by atoms with van der Waals surface area (Å²) in [5.41, 5.74) is 2.71. The third-order valence-electron chi connectivity index (χ3n) is 5.76.